The number of anilines is 1. The molecule has 0 aliphatic heterocycles. The molecule has 1 aromatic carbocycles. The third-order valence-electron chi connectivity index (χ3n) is 2.98. The van der Waals surface area contributed by atoms with Crippen molar-refractivity contribution in [2.75, 3.05) is 5.73 Å². The van der Waals surface area contributed by atoms with Crippen LogP contribution in [-0.2, 0) is 0 Å². The fourth-order valence-corrected chi connectivity index (χ4v) is 2.33. The number of rotatable bonds is 1. The van der Waals surface area contributed by atoms with Crippen LogP contribution in [-0.4, -0.2) is 44.7 Å². The summed E-state index contributed by atoms with van der Waals surface area (Å²) in [5.41, 5.74) is 6.16. The zero-order valence-electron chi connectivity index (χ0n) is 11.1. The molecule has 0 unspecified atom stereocenters. The molecule has 3 aromatic rings. The molecular formula is C13H9ClN4NaO2. The number of H-pyrrole nitrogens is 2. The van der Waals surface area contributed by atoms with Gasteiger partial charge in [0.15, 0.2) is 0 Å². The first-order valence-electron chi connectivity index (χ1n) is 5.74. The van der Waals surface area contributed by atoms with Gasteiger partial charge in [-0.25, -0.2) is 4.98 Å². The Hall–Kier alpha value is -1.60. The average Bonchev–Trinajstić information content (AvgIpc) is 2.46. The summed E-state index contributed by atoms with van der Waals surface area (Å²) < 4.78 is 0. The largest absolute Gasteiger partial charge is 0.396 e. The van der Waals surface area contributed by atoms with Crippen molar-refractivity contribution in [3.63, 3.8) is 0 Å². The molecule has 0 amide bonds. The number of hydrogen-bond donors (Lipinski definition) is 3. The first kappa shape index (κ1) is 15.8. The van der Waals surface area contributed by atoms with Crippen LogP contribution in [0.3, 0.4) is 0 Å². The smallest absolute Gasteiger partial charge is 0.273 e. The molecular weight excluding hydrogens is 303 g/mol. The van der Waals surface area contributed by atoms with Gasteiger partial charge < -0.3 is 5.73 Å². The zero-order chi connectivity index (χ0) is 14.3. The average molecular weight is 312 g/mol. The predicted octanol–water partition coefficient (Wildman–Crippen LogP) is 1.13. The van der Waals surface area contributed by atoms with E-state index in [1.165, 1.54) is 0 Å². The van der Waals surface area contributed by atoms with Crippen molar-refractivity contribution < 1.29 is 0 Å². The fourth-order valence-electron chi connectivity index (χ4n) is 2.07. The summed E-state index contributed by atoms with van der Waals surface area (Å²) in [6.45, 7) is 0. The van der Waals surface area contributed by atoms with Crippen LogP contribution in [0.1, 0.15) is 0 Å². The molecule has 21 heavy (non-hydrogen) atoms. The Bertz CT molecular complexity index is 921. The quantitative estimate of drug-likeness (QED) is 0.463. The van der Waals surface area contributed by atoms with E-state index in [0.29, 0.717) is 11.3 Å². The fraction of sp³-hybridized carbons (Fsp3) is 0. The van der Waals surface area contributed by atoms with Gasteiger partial charge in [0.2, 0.25) is 0 Å². The van der Waals surface area contributed by atoms with Gasteiger partial charge in [0.05, 0.1) is 22.2 Å². The van der Waals surface area contributed by atoms with Gasteiger partial charge in [-0.2, -0.15) is 0 Å². The molecule has 2 heterocycles. The molecule has 0 aliphatic rings. The van der Waals surface area contributed by atoms with Crippen molar-refractivity contribution in [2.24, 2.45) is 0 Å². The van der Waals surface area contributed by atoms with Gasteiger partial charge in [0, 0.05) is 35.1 Å². The van der Waals surface area contributed by atoms with Crippen molar-refractivity contribution in [1.82, 2.24) is 15.2 Å². The number of fused-ring (bicyclic) bond motifs is 1. The van der Waals surface area contributed by atoms with E-state index in [2.05, 4.69) is 15.2 Å². The Balaban J connectivity index is 0.00000161. The van der Waals surface area contributed by atoms with Crippen LogP contribution in [0, 0.1) is 0 Å². The summed E-state index contributed by atoms with van der Waals surface area (Å²) in [4.78, 5) is 27.8. The Morgan fingerprint density at radius 3 is 2.19 bits per heavy atom. The maximum Gasteiger partial charge on any atom is 0.273 e. The van der Waals surface area contributed by atoms with E-state index in [4.69, 9.17) is 17.3 Å². The number of halogens is 1. The molecule has 1 radical (unpaired) electrons. The second-order valence-electron chi connectivity index (χ2n) is 4.19. The third-order valence-corrected chi connectivity index (χ3v) is 3.26. The van der Waals surface area contributed by atoms with Crippen molar-refractivity contribution in [1.29, 1.82) is 0 Å². The summed E-state index contributed by atoms with van der Waals surface area (Å²) in [6.07, 6.45) is 0. The Morgan fingerprint density at radius 1 is 1.00 bits per heavy atom. The molecule has 0 atom stereocenters. The van der Waals surface area contributed by atoms with Crippen LogP contribution < -0.4 is 16.9 Å². The maximum atomic E-state index is 11.9. The van der Waals surface area contributed by atoms with E-state index in [1.54, 1.807) is 12.1 Å². The molecule has 0 fully saturated rings. The number of pyridine rings is 1. The summed E-state index contributed by atoms with van der Waals surface area (Å²) in [5.74, 6) is 0. The second-order valence-corrected chi connectivity index (χ2v) is 4.55. The summed E-state index contributed by atoms with van der Waals surface area (Å²) >= 11 is 6.02. The first-order valence-corrected chi connectivity index (χ1v) is 6.12. The number of nitrogens with one attached hydrogen (secondary N) is 2. The standard InChI is InChI=1S/C13H9ClN4O2.Na/c14-11-8-7(12(19)17-18-13(8)20)9(15)10(16-11)6-4-2-1-3-5-6;/h1-5H,15H2,(H,17,19)(H,18,20);. The van der Waals surface area contributed by atoms with Gasteiger partial charge in [-0.15, -0.1) is 0 Å². The Labute approximate surface area is 145 Å². The number of aromatic nitrogens is 3. The number of nitrogens with zero attached hydrogens (tertiary/aromatic N) is 1. The maximum absolute atomic E-state index is 11.9. The van der Waals surface area contributed by atoms with Gasteiger partial charge in [-0.3, -0.25) is 19.8 Å². The SMILES string of the molecule is Nc1c(-c2ccccc2)nc(Cl)c2c(=O)[nH][nH]c(=O)c12.[Na]. The van der Waals surface area contributed by atoms with Gasteiger partial charge in [0.25, 0.3) is 11.1 Å². The van der Waals surface area contributed by atoms with Gasteiger partial charge >= 0.3 is 0 Å². The number of aromatic amines is 2. The van der Waals surface area contributed by atoms with Crippen LogP contribution in [0.4, 0.5) is 5.69 Å². The van der Waals surface area contributed by atoms with Gasteiger partial charge in [-0.05, 0) is 0 Å². The van der Waals surface area contributed by atoms with Crippen LogP contribution in [0.25, 0.3) is 22.0 Å². The van der Waals surface area contributed by atoms with Crippen molar-refractivity contribution >= 4 is 57.6 Å². The molecule has 101 valence electrons. The van der Waals surface area contributed by atoms with Crippen LogP contribution in [0.5, 0.6) is 0 Å². The first-order chi connectivity index (χ1) is 9.59. The number of hydrogen-bond acceptors (Lipinski definition) is 4. The Kier molecular flexibility index (Phi) is 4.53. The van der Waals surface area contributed by atoms with Crippen LogP contribution >= 0.6 is 11.6 Å². The minimum absolute atomic E-state index is 0. The molecule has 0 bridgehead atoms. The molecule has 6 nitrogen and oxygen atoms in total. The topological polar surface area (TPSA) is 105 Å². The normalized spacial score (nSPS) is 10.3. The molecule has 0 spiro atoms. The van der Waals surface area contributed by atoms with E-state index in [0.717, 1.165) is 0 Å². The van der Waals surface area contributed by atoms with Gasteiger partial charge in [-0.1, -0.05) is 41.9 Å². The summed E-state index contributed by atoms with van der Waals surface area (Å²) in [7, 11) is 0. The van der Waals surface area contributed by atoms with E-state index in [1.807, 2.05) is 18.2 Å². The van der Waals surface area contributed by atoms with Crippen LogP contribution in [0.2, 0.25) is 5.15 Å². The molecule has 4 N–H and O–H groups in total. The predicted molar refractivity (Wildman–Crippen MR) is 83.6 cm³/mol. The second kappa shape index (κ2) is 6.03. The van der Waals surface area contributed by atoms with E-state index < -0.39 is 11.1 Å². The number of nitrogen functional groups attached to an aromatic ring is 1. The summed E-state index contributed by atoms with van der Waals surface area (Å²) in [5, 5.41) is 4.41. The van der Waals surface area contributed by atoms with Crippen molar-refractivity contribution in [2.45, 2.75) is 0 Å². The van der Waals surface area contributed by atoms with E-state index in [-0.39, 0.29) is 51.2 Å². The number of nitrogens with two attached hydrogens (primary N) is 1. The Morgan fingerprint density at radius 2 is 1.57 bits per heavy atom. The third kappa shape index (κ3) is 2.63. The molecule has 0 aliphatic carbocycles. The van der Waals surface area contributed by atoms with E-state index >= 15 is 0 Å². The van der Waals surface area contributed by atoms with Crippen molar-refractivity contribution in [3.8, 4) is 11.3 Å². The minimum atomic E-state index is -0.539. The van der Waals surface area contributed by atoms with Gasteiger partial charge in [0.1, 0.15) is 5.15 Å². The van der Waals surface area contributed by atoms with E-state index in [9.17, 15) is 9.59 Å². The molecule has 0 saturated carbocycles. The minimum Gasteiger partial charge on any atom is -0.396 e. The molecule has 2 aromatic heterocycles. The van der Waals surface area contributed by atoms with Crippen molar-refractivity contribution in [3.05, 3.63) is 56.2 Å². The van der Waals surface area contributed by atoms with Crippen LogP contribution in [0.15, 0.2) is 39.9 Å². The zero-order valence-corrected chi connectivity index (χ0v) is 13.9. The molecule has 3 rings (SSSR count). The molecule has 0 saturated heterocycles. The summed E-state index contributed by atoms with van der Waals surface area (Å²) in [6, 6.07) is 9.07. The monoisotopic (exact) mass is 311 g/mol. The number of benzene rings is 1. The molecule has 8 heteroatoms.